The molecule has 1 N–H and O–H groups in total. The number of fused-ring (bicyclic) bond motifs is 2. The van der Waals surface area contributed by atoms with Gasteiger partial charge >= 0.3 is 11.9 Å². The Hall–Kier alpha value is -4.55. The zero-order valence-electron chi connectivity index (χ0n) is 18.9. The second-order valence-corrected chi connectivity index (χ2v) is 9.20. The number of rotatable bonds is 5. The van der Waals surface area contributed by atoms with Crippen LogP contribution in [0.2, 0.25) is 0 Å². The molecule has 0 radical (unpaired) electrons. The van der Waals surface area contributed by atoms with Gasteiger partial charge in [0, 0.05) is 0 Å². The number of hydrogen-bond acceptors (Lipinski definition) is 8. The van der Waals surface area contributed by atoms with E-state index in [1.165, 1.54) is 39.0 Å². The van der Waals surface area contributed by atoms with Gasteiger partial charge in [-0.3, -0.25) is 13.7 Å². The molecule has 0 saturated carbocycles. The van der Waals surface area contributed by atoms with Crippen LogP contribution in [0.25, 0.3) is 33.4 Å². The van der Waals surface area contributed by atoms with E-state index < -0.39 is 22.1 Å². The zero-order chi connectivity index (χ0) is 25.6. The third-order valence-corrected chi connectivity index (χ3v) is 6.50. The maximum absolute atomic E-state index is 12.2. The van der Waals surface area contributed by atoms with E-state index >= 15 is 0 Å². The van der Waals surface area contributed by atoms with Crippen molar-refractivity contribution in [3.05, 3.63) is 78.4 Å². The van der Waals surface area contributed by atoms with E-state index in [-0.39, 0.29) is 16.0 Å². The molecule has 11 nitrogen and oxygen atoms in total. The highest BCUT2D eigenvalue weighted by Crippen LogP contribution is 2.27. The van der Waals surface area contributed by atoms with E-state index in [9.17, 15) is 22.6 Å². The second kappa shape index (κ2) is 8.59. The van der Waals surface area contributed by atoms with E-state index in [0.29, 0.717) is 33.4 Å². The van der Waals surface area contributed by atoms with Crippen LogP contribution in [0, 0.1) is 0 Å². The maximum atomic E-state index is 12.2. The monoisotopic (exact) mass is 506 g/mol. The first kappa shape index (κ1) is 23.2. The summed E-state index contributed by atoms with van der Waals surface area (Å²) in [7, 11) is -2.06. The Bertz CT molecular complexity index is 1670. The van der Waals surface area contributed by atoms with Gasteiger partial charge in [0.1, 0.15) is 12.7 Å². The smallest absolute Gasteiger partial charge is 0.337 e. The SMILES string of the molecule is COC(=O)c1ccc2ncn(-c3cc(-n4cnc5ccc(C(=O)OC)cc54)cc(S(=O)(=O)O)c3)c2c1. The predicted octanol–water partition coefficient (Wildman–Crippen LogP) is 3.18. The number of hydrogen-bond donors (Lipinski definition) is 1. The van der Waals surface area contributed by atoms with Crippen molar-refractivity contribution in [2.45, 2.75) is 4.90 Å². The van der Waals surface area contributed by atoms with Gasteiger partial charge in [-0.2, -0.15) is 8.42 Å². The highest BCUT2D eigenvalue weighted by molar-refractivity contribution is 7.85. The van der Waals surface area contributed by atoms with E-state index in [4.69, 9.17) is 9.47 Å². The van der Waals surface area contributed by atoms with Gasteiger partial charge in [-0.25, -0.2) is 19.6 Å². The lowest BCUT2D eigenvalue weighted by atomic mass is 10.2. The molecule has 0 bridgehead atoms. The Morgan fingerprint density at radius 1 is 0.750 bits per heavy atom. The molecular formula is C24H18N4O7S. The average Bonchev–Trinajstić information content (AvgIpc) is 3.50. The summed E-state index contributed by atoms with van der Waals surface area (Å²) in [6.45, 7) is 0. The first-order valence-corrected chi connectivity index (χ1v) is 11.9. The minimum atomic E-state index is -4.60. The summed E-state index contributed by atoms with van der Waals surface area (Å²) in [5.41, 5.74) is 3.39. The fourth-order valence-corrected chi connectivity index (χ4v) is 4.45. The van der Waals surface area contributed by atoms with Crippen molar-refractivity contribution in [3.63, 3.8) is 0 Å². The Labute approximate surface area is 204 Å². The Kier molecular flexibility index (Phi) is 5.54. The molecular weight excluding hydrogens is 488 g/mol. The molecule has 0 saturated heterocycles. The zero-order valence-corrected chi connectivity index (χ0v) is 19.8. The topological polar surface area (TPSA) is 143 Å². The molecule has 0 spiro atoms. The molecule has 36 heavy (non-hydrogen) atoms. The van der Waals surface area contributed by atoms with Crippen molar-refractivity contribution in [3.8, 4) is 11.4 Å². The van der Waals surface area contributed by atoms with Crippen LogP contribution in [-0.4, -0.2) is 58.2 Å². The summed E-state index contributed by atoms with van der Waals surface area (Å²) in [6.07, 6.45) is 2.94. The highest BCUT2D eigenvalue weighted by atomic mass is 32.2. The summed E-state index contributed by atoms with van der Waals surface area (Å²) >= 11 is 0. The molecule has 5 rings (SSSR count). The first-order chi connectivity index (χ1) is 17.2. The minimum absolute atomic E-state index is 0.286. The number of benzene rings is 3. The van der Waals surface area contributed by atoms with Crippen molar-refractivity contribution in [2.75, 3.05) is 14.2 Å². The van der Waals surface area contributed by atoms with E-state index in [1.54, 1.807) is 51.6 Å². The summed E-state index contributed by atoms with van der Waals surface area (Å²) in [5, 5.41) is 0. The van der Waals surface area contributed by atoms with Crippen molar-refractivity contribution in [1.82, 2.24) is 19.1 Å². The lowest BCUT2D eigenvalue weighted by Gasteiger charge is -2.12. The Morgan fingerprint density at radius 3 is 1.58 bits per heavy atom. The predicted molar refractivity (Wildman–Crippen MR) is 128 cm³/mol. The van der Waals surface area contributed by atoms with Gasteiger partial charge in [-0.1, -0.05) is 0 Å². The minimum Gasteiger partial charge on any atom is -0.465 e. The number of carbonyl (C=O) groups excluding carboxylic acids is 2. The maximum Gasteiger partial charge on any atom is 0.337 e. The molecule has 2 heterocycles. The average molecular weight is 506 g/mol. The van der Waals surface area contributed by atoms with Gasteiger partial charge in [-0.05, 0) is 54.6 Å². The first-order valence-electron chi connectivity index (χ1n) is 10.4. The molecule has 0 unspecified atom stereocenters. The van der Waals surface area contributed by atoms with Gasteiger partial charge in [0.15, 0.2) is 0 Å². The molecule has 0 aliphatic rings. The van der Waals surface area contributed by atoms with Crippen molar-refractivity contribution >= 4 is 44.1 Å². The van der Waals surface area contributed by atoms with Crippen LogP contribution in [-0.2, 0) is 19.6 Å². The van der Waals surface area contributed by atoms with Crippen LogP contribution < -0.4 is 0 Å². The summed E-state index contributed by atoms with van der Waals surface area (Å²) in [4.78, 5) is 32.4. The van der Waals surface area contributed by atoms with Crippen LogP contribution in [0.3, 0.4) is 0 Å². The van der Waals surface area contributed by atoms with Gasteiger partial charge in [0.05, 0.1) is 63.7 Å². The lowest BCUT2D eigenvalue weighted by Crippen LogP contribution is -2.05. The Balaban J connectivity index is 1.74. The lowest BCUT2D eigenvalue weighted by molar-refractivity contribution is 0.0592. The van der Waals surface area contributed by atoms with Gasteiger partial charge in [0.2, 0.25) is 0 Å². The van der Waals surface area contributed by atoms with Crippen molar-refractivity contribution in [1.29, 1.82) is 0 Å². The van der Waals surface area contributed by atoms with Crippen molar-refractivity contribution in [2.24, 2.45) is 0 Å². The number of esters is 2. The van der Waals surface area contributed by atoms with Crippen LogP contribution in [0.15, 0.2) is 72.1 Å². The highest BCUT2D eigenvalue weighted by Gasteiger charge is 2.18. The van der Waals surface area contributed by atoms with Gasteiger partial charge < -0.3 is 9.47 Å². The third kappa shape index (κ3) is 3.97. The molecule has 0 aliphatic heterocycles. The van der Waals surface area contributed by atoms with Gasteiger partial charge in [0.25, 0.3) is 10.1 Å². The van der Waals surface area contributed by atoms with E-state index in [0.717, 1.165) is 0 Å². The Morgan fingerprint density at radius 2 is 1.19 bits per heavy atom. The standard InChI is InChI=1S/C24H18N4O7S/c1-34-23(29)14-3-5-19-21(7-14)27(12-25-19)16-9-17(11-18(10-16)36(31,32)33)28-13-26-20-6-4-15(8-22(20)28)24(30)35-2/h3-13H,1-2H3,(H,31,32,33). The molecule has 12 heteroatoms. The van der Waals surface area contributed by atoms with Crippen LogP contribution >= 0.6 is 0 Å². The second-order valence-electron chi connectivity index (χ2n) is 7.78. The summed E-state index contributed by atoms with van der Waals surface area (Å²) in [6, 6.07) is 13.8. The molecule has 0 aliphatic carbocycles. The fraction of sp³-hybridized carbons (Fsp3) is 0.0833. The van der Waals surface area contributed by atoms with Gasteiger partial charge in [-0.15, -0.1) is 0 Å². The molecule has 5 aromatic rings. The van der Waals surface area contributed by atoms with Crippen LogP contribution in [0.1, 0.15) is 20.7 Å². The summed E-state index contributed by atoms with van der Waals surface area (Å²) in [5.74, 6) is -1.08. The van der Waals surface area contributed by atoms with Crippen molar-refractivity contribution < 1.29 is 32.0 Å². The van der Waals surface area contributed by atoms with E-state index in [1.807, 2.05) is 0 Å². The number of nitrogens with zero attached hydrogens (tertiary/aromatic N) is 4. The normalized spacial score (nSPS) is 11.6. The molecule has 0 atom stereocenters. The number of ether oxygens (including phenoxy) is 2. The largest absolute Gasteiger partial charge is 0.465 e. The molecule has 3 aromatic carbocycles. The summed E-state index contributed by atoms with van der Waals surface area (Å²) < 4.78 is 46.9. The number of imidazole rings is 2. The molecule has 0 fully saturated rings. The molecule has 2 aromatic heterocycles. The fourth-order valence-electron chi connectivity index (χ4n) is 3.91. The number of methoxy groups -OCH3 is 2. The molecule has 0 amide bonds. The quantitative estimate of drug-likeness (QED) is 0.281. The number of carbonyl (C=O) groups is 2. The van der Waals surface area contributed by atoms with Crippen LogP contribution in [0.5, 0.6) is 0 Å². The third-order valence-electron chi connectivity index (χ3n) is 5.67. The van der Waals surface area contributed by atoms with E-state index in [2.05, 4.69) is 9.97 Å². The number of aromatic nitrogens is 4. The van der Waals surface area contributed by atoms with Crippen LogP contribution in [0.4, 0.5) is 0 Å². The molecule has 182 valence electrons.